The number of nitrogens with one attached hydrogen (secondary N) is 3. The lowest BCUT2D eigenvalue weighted by atomic mass is 10.2. The second kappa shape index (κ2) is 9.23. The Hall–Kier alpha value is -4.02. The summed E-state index contributed by atoms with van der Waals surface area (Å²) in [5.74, 6) is 1.38. The van der Waals surface area contributed by atoms with E-state index in [1.807, 2.05) is 12.1 Å². The van der Waals surface area contributed by atoms with Crippen molar-refractivity contribution in [1.29, 1.82) is 0 Å². The number of nitrogens with zero attached hydrogens (tertiary/aromatic N) is 4. The number of benzene rings is 2. The van der Waals surface area contributed by atoms with Gasteiger partial charge in [-0.2, -0.15) is 0 Å². The molecule has 10 heteroatoms. The molecule has 33 heavy (non-hydrogen) atoms. The number of anilines is 3. The molecule has 0 atom stereocenters. The van der Waals surface area contributed by atoms with Crippen LogP contribution in [-0.4, -0.2) is 57.4 Å². The van der Waals surface area contributed by atoms with Gasteiger partial charge in [0.2, 0.25) is 0 Å². The fraction of sp³-hybridized carbons (Fsp3) is 0.217. The molecule has 2 amide bonds. The number of morpholine rings is 1. The number of aromatic nitrogens is 4. The Morgan fingerprint density at radius 1 is 1.00 bits per heavy atom. The first kappa shape index (κ1) is 20.9. The van der Waals surface area contributed by atoms with E-state index in [9.17, 15) is 4.79 Å². The van der Waals surface area contributed by atoms with Gasteiger partial charge in [-0.1, -0.05) is 12.1 Å². The molecule has 0 spiro atoms. The average Bonchev–Trinajstić information content (AvgIpc) is 3.34. The van der Waals surface area contributed by atoms with Gasteiger partial charge in [0.1, 0.15) is 5.52 Å². The van der Waals surface area contributed by atoms with E-state index in [0.717, 1.165) is 35.6 Å². The second-order valence-electron chi connectivity index (χ2n) is 7.58. The molecule has 1 saturated heterocycles. The van der Waals surface area contributed by atoms with E-state index in [0.29, 0.717) is 36.1 Å². The average molecular weight is 445 g/mol. The van der Waals surface area contributed by atoms with Gasteiger partial charge in [0.25, 0.3) is 0 Å². The van der Waals surface area contributed by atoms with Crippen molar-refractivity contribution in [1.82, 2.24) is 19.9 Å². The number of ether oxygens (including phenoxy) is 1. The third-order valence-electron chi connectivity index (χ3n) is 5.37. The number of carbonyl (C=O) groups is 1. The van der Waals surface area contributed by atoms with Crippen molar-refractivity contribution < 1.29 is 14.6 Å². The van der Waals surface area contributed by atoms with E-state index in [4.69, 9.17) is 14.8 Å². The first-order chi connectivity index (χ1) is 16.2. The molecule has 5 rings (SSSR count). The van der Waals surface area contributed by atoms with Crippen molar-refractivity contribution in [3.8, 4) is 11.4 Å². The van der Waals surface area contributed by atoms with Crippen LogP contribution < -0.4 is 15.5 Å². The van der Waals surface area contributed by atoms with Crippen molar-refractivity contribution in [2.75, 3.05) is 41.8 Å². The van der Waals surface area contributed by atoms with Crippen LogP contribution in [0.25, 0.3) is 22.6 Å². The molecule has 4 aromatic rings. The SMILES string of the molecule is O=C(Nc1ccc(CO)cc1)Nc1ccc(-c2nc(N3CCOCC3)c3[nH]cnc3n2)cc1. The Morgan fingerprint density at radius 3 is 2.33 bits per heavy atom. The number of hydrogen-bond donors (Lipinski definition) is 4. The van der Waals surface area contributed by atoms with Gasteiger partial charge in [0.05, 0.1) is 26.1 Å². The maximum Gasteiger partial charge on any atom is 0.323 e. The van der Waals surface area contributed by atoms with Crippen molar-refractivity contribution in [2.45, 2.75) is 6.61 Å². The summed E-state index contributed by atoms with van der Waals surface area (Å²) in [6.07, 6.45) is 1.62. The van der Waals surface area contributed by atoms with E-state index in [2.05, 4.69) is 30.5 Å². The maximum absolute atomic E-state index is 12.3. The Labute approximate surface area is 189 Å². The number of carbonyl (C=O) groups excluding carboxylic acids is 1. The molecule has 3 heterocycles. The van der Waals surface area contributed by atoms with Gasteiger partial charge in [-0.25, -0.2) is 19.7 Å². The summed E-state index contributed by atoms with van der Waals surface area (Å²) in [5.41, 5.74) is 4.29. The minimum absolute atomic E-state index is 0.0381. The molecule has 0 radical (unpaired) electrons. The van der Waals surface area contributed by atoms with Gasteiger partial charge in [0, 0.05) is 30.0 Å². The quantitative estimate of drug-likeness (QED) is 0.372. The highest BCUT2D eigenvalue weighted by atomic mass is 16.5. The highest BCUT2D eigenvalue weighted by Gasteiger charge is 2.19. The summed E-state index contributed by atoms with van der Waals surface area (Å²) in [6, 6.07) is 14.0. The van der Waals surface area contributed by atoms with Gasteiger partial charge in [0.15, 0.2) is 17.3 Å². The Balaban J connectivity index is 1.32. The first-order valence-electron chi connectivity index (χ1n) is 10.6. The van der Waals surface area contributed by atoms with Gasteiger partial charge in [-0.15, -0.1) is 0 Å². The molecule has 0 bridgehead atoms. The van der Waals surface area contributed by atoms with E-state index >= 15 is 0 Å². The predicted molar refractivity (Wildman–Crippen MR) is 125 cm³/mol. The summed E-state index contributed by atoms with van der Waals surface area (Å²) >= 11 is 0. The van der Waals surface area contributed by atoms with E-state index < -0.39 is 0 Å². The Morgan fingerprint density at radius 2 is 1.67 bits per heavy atom. The zero-order valence-corrected chi connectivity index (χ0v) is 17.8. The molecule has 2 aromatic heterocycles. The third kappa shape index (κ3) is 4.61. The monoisotopic (exact) mass is 445 g/mol. The van der Waals surface area contributed by atoms with Crippen molar-refractivity contribution in [3.05, 3.63) is 60.4 Å². The smallest absolute Gasteiger partial charge is 0.323 e. The second-order valence-corrected chi connectivity index (χ2v) is 7.58. The van der Waals surface area contributed by atoms with Gasteiger partial charge in [-0.3, -0.25) is 0 Å². The van der Waals surface area contributed by atoms with Crippen molar-refractivity contribution in [2.24, 2.45) is 0 Å². The summed E-state index contributed by atoms with van der Waals surface area (Å²) in [7, 11) is 0. The number of fused-ring (bicyclic) bond motifs is 1. The Kier molecular flexibility index (Phi) is 5.83. The fourth-order valence-corrected chi connectivity index (χ4v) is 3.64. The minimum atomic E-state index is -0.358. The molecule has 4 N–H and O–H groups in total. The largest absolute Gasteiger partial charge is 0.392 e. The number of hydrogen-bond acceptors (Lipinski definition) is 7. The lowest BCUT2D eigenvalue weighted by molar-refractivity contribution is 0.122. The molecule has 168 valence electrons. The first-order valence-corrected chi connectivity index (χ1v) is 10.6. The molecule has 1 fully saturated rings. The molecule has 1 aliphatic rings. The molecule has 0 unspecified atom stereocenters. The zero-order chi connectivity index (χ0) is 22.6. The highest BCUT2D eigenvalue weighted by Crippen LogP contribution is 2.27. The van der Waals surface area contributed by atoms with Crippen LogP contribution in [-0.2, 0) is 11.3 Å². The molecule has 2 aromatic carbocycles. The number of amides is 2. The van der Waals surface area contributed by atoms with Crippen LogP contribution in [0, 0.1) is 0 Å². The van der Waals surface area contributed by atoms with Crippen LogP contribution in [0.1, 0.15) is 5.56 Å². The lowest BCUT2D eigenvalue weighted by Crippen LogP contribution is -2.37. The van der Waals surface area contributed by atoms with Crippen LogP contribution in [0.4, 0.5) is 22.0 Å². The third-order valence-corrected chi connectivity index (χ3v) is 5.37. The normalized spacial score (nSPS) is 13.8. The molecule has 0 aliphatic carbocycles. The zero-order valence-electron chi connectivity index (χ0n) is 17.8. The van der Waals surface area contributed by atoms with Gasteiger partial charge < -0.3 is 30.4 Å². The van der Waals surface area contributed by atoms with Crippen LogP contribution >= 0.6 is 0 Å². The van der Waals surface area contributed by atoms with Gasteiger partial charge >= 0.3 is 6.03 Å². The van der Waals surface area contributed by atoms with E-state index in [1.165, 1.54) is 0 Å². The summed E-state index contributed by atoms with van der Waals surface area (Å²) in [5, 5.41) is 14.7. The highest BCUT2D eigenvalue weighted by molar-refractivity contribution is 5.99. The molecule has 0 saturated carbocycles. The molecule has 10 nitrogen and oxygen atoms in total. The van der Waals surface area contributed by atoms with E-state index in [1.54, 1.807) is 42.7 Å². The molecule has 1 aliphatic heterocycles. The molecular formula is C23H23N7O3. The summed E-state index contributed by atoms with van der Waals surface area (Å²) < 4.78 is 5.46. The number of aromatic amines is 1. The van der Waals surface area contributed by atoms with Crippen LogP contribution in [0.15, 0.2) is 54.9 Å². The Bertz CT molecular complexity index is 1250. The number of aliphatic hydroxyl groups is 1. The number of imidazole rings is 1. The lowest BCUT2D eigenvalue weighted by Gasteiger charge is -2.28. The molecular weight excluding hydrogens is 422 g/mol. The van der Waals surface area contributed by atoms with E-state index in [-0.39, 0.29) is 12.6 Å². The number of H-pyrrole nitrogens is 1. The van der Waals surface area contributed by atoms with Crippen LogP contribution in [0.2, 0.25) is 0 Å². The minimum Gasteiger partial charge on any atom is -0.392 e. The number of rotatable bonds is 5. The van der Waals surface area contributed by atoms with Crippen molar-refractivity contribution in [3.63, 3.8) is 0 Å². The van der Waals surface area contributed by atoms with Gasteiger partial charge in [-0.05, 0) is 42.0 Å². The summed E-state index contributed by atoms with van der Waals surface area (Å²) in [4.78, 5) is 31.3. The number of urea groups is 1. The number of aliphatic hydroxyl groups excluding tert-OH is 1. The summed E-state index contributed by atoms with van der Waals surface area (Å²) in [6.45, 7) is 2.78. The van der Waals surface area contributed by atoms with Crippen LogP contribution in [0.3, 0.4) is 0 Å². The standard InChI is InChI=1S/C23H23N7O3/c31-13-15-1-5-17(6-2-15)26-23(32)27-18-7-3-16(4-8-18)20-28-21-19(24-14-25-21)22(29-20)30-9-11-33-12-10-30/h1-8,14,31H,9-13H2,(H2,26,27,32)(H,24,25,28,29). The predicted octanol–water partition coefficient (Wildman–Crippen LogP) is 2.99. The van der Waals surface area contributed by atoms with Crippen LogP contribution in [0.5, 0.6) is 0 Å². The fourth-order valence-electron chi connectivity index (χ4n) is 3.64. The topological polar surface area (TPSA) is 128 Å². The van der Waals surface area contributed by atoms with Crippen molar-refractivity contribution >= 4 is 34.4 Å². The maximum atomic E-state index is 12.3.